The summed E-state index contributed by atoms with van der Waals surface area (Å²) in [6, 6.07) is 0.656. The zero-order valence-electron chi connectivity index (χ0n) is 8.84. The summed E-state index contributed by atoms with van der Waals surface area (Å²) in [6.45, 7) is 1.48. The Kier molecular flexibility index (Phi) is 5.37. The second-order valence-corrected chi connectivity index (χ2v) is 3.71. The smallest absolute Gasteiger partial charge is 0.406 e. The Morgan fingerprint density at radius 2 is 2.00 bits per heavy atom. The first-order valence-corrected chi connectivity index (χ1v) is 5.38. The Morgan fingerprint density at radius 1 is 1.29 bits per heavy atom. The Hall–Kier alpha value is -0.770. The average Bonchev–Trinajstić information content (AvgIpc) is 2.25. The minimum absolute atomic E-state index is 0.351. The summed E-state index contributed by atoms with van der Waals surface area (Å²) in [5.74, 6) is 0. The van der Waals surface area contributed by atoms with E-state index in [1.54, 1.807) is 0 Å². The minimum atomic E-state index is -0.351. The molecule has 0 aromatic carbocycles. The monoisotopic (exact) mass is 200 g/mol. The number of methoxy groups -OCH3 is 1. The number of hydrogen-bond donors (Lipinski definition) is 2. The van der Waals surface area contributed by atoms with Crippen LogP contribution < -0.4 is 10.6 Å². The van der Waals surface area contributed by atoms with Gasteiger partial charge in [-0.25, -0.2) is 4.79 Å². The van der Waals surface area contributed by atoms with Crippen molar-refractivity contribution >= 4 is 6.09 Å². The summed E-state index contributed by atoms with van der Waals surface area (Å²) < 4.78 is 4.46. The highest BCUT2D eigenvalue weighted by Crippen LogP contribution is 2.16. The van der Waals surface area contributed by atoms with E-state index in [-0.39, 0.29) is 6.09 Å². The van der Waals surface area contributed by atoms with Gasteiger partial charge in [-0.05, 0) is 12.8 Å². The fourth-order valence-electron chi connectivity index (χ4n) is 1.82. The highest BCUT2D eigenvalue weighted by atomic mass is 16.5. The molecule has 1 rings (SSSR count). The van der Waals surface area contributed by atoms with E-state index >= 15 is 0 Å². The molecule has 1 aliphatic carbocycles. The number of hydrogen-bond acceptors (Lipinski definition) is 3. The highest BCUT2D eigenvalue weighted by molar-refractivity contribution is 5.66. The number of rotatable bonds is 4. The van der Waals surface area contributed by atoms with Gasteiger partial charge in [-0.1, -0.05) is 19.3 Å². The van der Waals surface area contributed by atoms with Gasteiger partial charge in [0.15, 0.2) is 0 Å². The second-order valence-electron chi connectivity index (χ2n) is 3.71. The number of ether oxygens (including phenoxy) is 1. The van der Waals surface area contributed by atoms with E-state index in [0.29, 0.717) is 12.6 Å². The molecule has 14 heavy (non-hydrogen) atoms. The van der Waals surface area contributed by atoms with Crippen molar-refractivity contribution in [3.63, 3.8) is 0 Å². The molecule has 1 fully saturated rings. The predicted octanol–water partition coefficient (Wildman–Crippen LogP) is 1.26. The maximum Gasteiger partial charge on any atom is 0.406 e. The van der Waals surface area contributed by atoms with Gasteiger partial charge in [0.1, 0.15) is 0 Å². The van der Waals surface area contributed by atoms with Crippen molar-refractivity contribution in [2.45, 2.75) is 38.1 Å². The van der Waals surface area contributed by atoms with Crippen LogP contribution in [0.2, 0.25) is 0 Å². The number of carbonyl (C=O) groups is 1. The second kappa shape index (κ2) is 6.65. The molecule has 0 bridgehead atoms. The molecule has 2 N–H and O–H groups in total. The van der Waals surface area contributed by atoms with Gasteiger partial charge in [-0.3, -0.25) is 0 Å². The highest BCUT2D eigenvalue weighted by Gasteiger charge is 2.11. The molecule has 1 amide bonds. The summed E-state index contributed by atoms with van der Waals surface area (Å²) in [5, 5.41) is 6.08. The molecule has 0 radical (unpaired) electrons. The molecule has 4 nitrogen and oxygen atoms in total. The lowest BCUT2D eigenvalue weighted by molar-refractivity contribution is 0.171. The van der Waals surface area contributed by atoms with Crippen molar-refractivity contribution < 1.29 is 9.53 Å². The first kappa shape index (κ1) is 11.3. The van der Waals surface area contributed by atoms with Gasteiger partial charge in [0, 0.05) is 19.1 Å². The Morgan fingerprint density at radius 3 is 2.64 bits per heavy atom. The third kappa shape index (κ3) is 4.46. The summed E-state index contributed by atoms with van der Waals surface area (Å²) in [6.07, 6.45) is 6.25. The van der Waals surface area contributed by atoms with Crippen molar-refractivity contribution in [1.29, 1.82) is 0 Å². The van der Waals surface area contributed by atoms with Crippen LogP contribution in [0.4, 0.5) is 4.79 Å². The van der Waals surface area contributed by atoms with E-state index in [9.17, 15) is 4.79 Å². The zero-order valence-corrected chi connectivity index (χ0v) is 8.84. The molecule has 0 saturated heterocycles. The van der Waals surface area contributed by atoms with E-state index in [2.05, 4.69) is 15.4 Å². The maximum atomic E-state index is 10.7. The maximum absolute atomic E-state index is 10.7. The summed E-state index contributed by atoms with van der Waals surface area (Å²) in [7, 11) is 1.38. The van der Waals surface area contributed by atoms with Crippen LogP contribution in [-0.4, -0.2) is 32.3 Å². The molecule has 1 saturated carbocycles. The van der Waals surface area contributed by atoms with Gasteiger partial charge in [0.2, 0.25) is 0 Å². The van der Waals surface area contributed by atoms with E-state index < -0.39 is 0 Å². The summed E-state index contributed by atoms with van der Waals surface area (Å²) in [5.41, 5.74) is 0. The van der Waals surface area contributed by atoms with Crippen LogP contribution in [0, 0.1) is 0 Å². The number of amides is 1. The van der Waals surface area contributed by atoms with Gasteiger partial charge in [0.25, 0.3) is 0 Å². The van der Waals surface area contributed by atoms with E-state index in [1.807, 2.05) is 0 Å². The molecule has 4 heteroatoms. The molecule has 0 spiro atoms. The predicted molar refractivity (Wildman–Crippen MR) is 55.3 cm³/mol. The molecule has 0 unspecified atom stereocenters. The van der Waals surface area contributed by atoms with Crippen LogP contribution in [0.15, 0.2) is 0 Å². The third-order valence-electron chi connectivity index (χ3n) is 2.62. The third-order valence-corrected chi connectivity index (χ3v) is 2.62. The van der Waals surface area contributed by atoms with Crippen molar-refractivity contribution in [2.24, 2.45) is 0 Å². The van der Waals surface area contributed by atoms with Crippen molar-refractivity contribution in [3.05, 3.63) is 0 Å². The van der Waals surface area contributed by atoms with Crippen LogP contribution in [0.3, 0.4) is 0 Å². The van der Waals surface area contributed by atoms with Crippen molar-refractivity contribution in [2.75, 3.05) is 20.2 Å². The molecule has 0 aromatic heterocycles. The molecule has 0 atom stereocenters. The molecular formula is C10H20N2O2. The fraction of sp³-hybridized carbons (Fsp3) is 0.900. The molecular weight excluding hydrogens is 180 g/mol. The lowest BCUT2D eigenvalue weighted by Gasteiger charge is -2.22. The number of nitrogens with one attached hydrogen (secondary N) is 2. The van der Waals surface area contributed by atoms with Crippen molar-refractivity contribution in [3.8, 4) is 0 Å². The number of alkyl carbamates (subject to hydrolysis) is 1. The Bertz CT molecular complexity index is 168. The summed E-state index contributed by atoms with van der Waals surface area (Å²) >= 11 is 0. The lowest BCUT2D eigenvalue weighted by Crippen LogP contribution is -2.37. The van der Waals surface area contributed by atoms with Gasteiger partial charge < -0.3 is 15.4 Å². The van der Waals surface area contributed by atoms with E-state index in [0.717, 1.165) is 6.54 Å². The minimum Gasteiger partial charge on any atom is -0.453 e. The van der Waals surface area contributed by atoms with Gasteiger partial charge in [0.05, 0.1) is 7.11 Å². The SMILES string of the molecule is COC(=O)NCCNC1CCCCC1. The first-order valence-electron chi connectivity index (χ1n) is 5.38. The molecule has 82 valence electrons. The van der Waals surface area contributed by atoms with Crippen molar-refractivity contribution in [1.82, 2.24) is 10.6 Å². The quantitative estimate of drug-likeness (QED) is 0.672. The van der Waals surface area contributed by atoms with Gasteiger partial charge in [-0.15, -0.1) is 0 Å². The largest absolute Gasteiger partial charge is 0.453 e. The van der Waals surface area contributed by atoms with Gasteiger partial charge in [-0.2, -0.15) is 0 Å². The Balaban J connectivity index is 1.94. The standard InChI is InChI=1S/C10H20N2O2/c1-14-10(13)12-8-7-11-9-5-3-2-4-6-9/h9,11H,2-8H2,1H3,(H,12,13). The van der Waals surface area contributed by atoms with E-state index in [4.69, 9.17) is 0 Å². The van der Waals surface area contributed by atoms with Crippen LogP contribution in [0.5, 0.6) is 0 Å². The zero-order chi connectivity index (χ0) is 10.2. The van der Waals surface area contributed by atoms with Crippen LogP contribution in [-0.2, 0) is 4.74 Å². The average molecular weight is 200 g/mol. The van der Waals surface area contributed by atoms with E-state index in [1.165, 1.54) is 39.2 Å². The molecule has 0 heterocycles. The lowest BCUT2D eigenvalue weighted by atomic mass is 9.95. The van der Waals surface area contributed by atoms with Crippen LogP contribution in [0.25, 0.3) is 0 Å². The fourth-order valence-corrected chi connectivity index (χ4v) is 1.82. The first-order chi connectivity index (χ1) is 6.83. The molecule has 1 aliphatic rings. The summed E-state index contributed by atoms with van der Waals surface area (Å²) in [4.78, 5) is 10.7. The van der Waals surface area contributed by atoms with Crippen LogP contribution >= 0.6 is 0 Å². The topological polar surface area (TPSA) is 50.4 Å². The van der Waals surface area contributed by atoms with Gasteiger partial charge >= 0.3 is 6.09 Å². The molecule has 0 aromatic rings. The van der Waals surface area contributed by atoms with Crippen LogP contribution in [0.1, 0.15) is 32.1 Å². The molecule has 0 aliphatic heterocycles. The number of carbonyl (C=O) groups excluding carboxylic acids is 1. The normalized spacial score (nSPS) is 17.8. The Labute approximate surface area is 85.4 Å².